The van der Waals surface area contributed by atoms with E-state index in [4.69, 9.17) is 21.1 Å². The van der Waals surface area contributed by atoms with E-state index < -0.39 is 5.92 Å². The molecule has 2 aromatic carbocycles. The average molecular weight is 498 g/mol. The molecule has 0 saturated carbocycles. The van der Waals surface area contributed by atoms with Crippen molar-refractivity contribution >= 4 is 35.1 Å². The van der Waals surface area contributed by atoms with E-state index in [2.05, 4.69) is 16.9 Å². The van der Waals surface area contributed by atoms with Gasteiger partial charge in [-0.15, -0.1) is 0 Å². The smallest absolute Gasteiger partial charge is 0.279 e. The summed E-state index contributed by atoms with van der Waals surface area (Å²) in [5.41, 5.74) is 1.88. The lowest BCUT2D eigenvalue weighted by Crippen LogP contribution is -2.33. The quantitative estimate of drug-likeness (QED) is 0.274. The predicted octanol–water partition coefficient (Wildman–Crippen LogP) is 4.77. The lowest BCUT2D eigenvalue weighted by Gasteiger charge is -2.28. The van der Waals surface area contributed by atoms with Gasteiger partial charge in [-0.05, 0) is 35.4 Å². The van der Waals surface area contributed by atoms with Crippen molar-refractivity contribution in [3.8, 4) is 11.5 Å². The topological polar surface area (TPSA) is 82.5 Å². The number of fused-ring (bicyclic) bond motifs is 1. The Kier molecular flexibility index (Phi) is 7.29. The van der Waals surface area contributed by atoms with Crippen LogP contribution in [0.3, 0.4) is 0 Å². The van der Waals surface area contributed by atoms with Crippen LogP contribution in [0, 0.1) is 0 Å². The van der Waals surface area contributed by atoms with E-state index >= 15 is 0 Å². The second-order valence-electron chi connectivity index (χ2n) is 7.75. The SMILES string of the molecule is C=CCOc1ccc(C2CC(=O)Nc3c2c(=O)nc(SCc2cccc(Cl)c2)n3C)cc1OC. The van der Waals surface area contributed by atoms with Crippen LogP contribution in [-0.2, 0) is 17.6 Å². The Hall–Kier alpha value is -3.23. The summed E-state index contributed by atoms with van der Waals surface area (Å²) in [6.45, 7) is 3.99. The Morgan fingerprint density at radius 3 is 2.82 bits per heavy atom. The first kappa shape index (κ1) is 23.9. The third kappa shape index (κ3) is 4.98. The molecule has 1 N–H and O–H groups in total. The molecule has 1 atom stereocenters. The van der Waals surface area contributed by atoms with Crippen LogP contribution in [0.4, 0.5) is 5.82 Å². The molecule has 0 fully saturated rings. The summed E-state index contributed by atoms with van der Waals surface area (Å²) < 4.78 is 12.9. The molecule has 1 unspecified atom stereocenters. The molecule has 0 spiro atoms. The summed E-state index contributed by atoms with van der Waals surface area (Å²) in [6.07, 6.45) is 1.78. The second kappa shape index (κ2) is 10.4. The first-order valence-corrected chi connectivity index (χ1v) is 12.0. The Morgan fingerprint density at radius 2 is 2.09 bits per heavy atom. The summed E-state index contributed by atoms with van der Waals surface area (Å²) in [7, 11) is 3.34. The third-order valence-electron chi connectivity index (χ3n) is 5.50. The maximum atomic E-state index is 13.2. The summed E-state index contributed by atoms with van der Waals surface area (Å²) in [4.78, 5) is 30.2. The maximum Gasteiger partial charge on any atom is 0.279 e. The number of benzene rings is 2. The number of amides is 1. The molecule has 34 heavy (non-hydrogen) atoms. The fraction of sp³-hybridized carbons (Fsp3) is 0.240. The summed E-state index contributed by atoms with van der Waals surface area (Å²) in [5.74, 6) is 1.50. The standard InChI is InChI=1S/C25H24ClN3O4S/c1-4-10-33-19-9-8-16(12-20(19)32-3)18-13-21(30)27-23-22(18)24(31)28-25(29(23)2)34-14-15-6-5-7-17(26)11-15/h4-9,11-12,18H,1,10,13-14H2,2-3H3,(H,27,30). The number of nitrogens with one attached hydrogen (secondary N) is 1. The van der Waals surface area contributed by atoms with E-state index in [0.717, 1.165) is 11.1 Å². The van der Waals surface area contributed by atoms with Gasteiger partial charge in [0.25, 0.3) is 5.56 Å². The fourth-order valence-corrected chi connectivity index (χ4v) is 5.01. The van der Waals surface area contributed by atoms with Crippen LogP contribution in [0.1, 0.15) is 29.0 Å². The highest BCUT2D eigenvalue weighted by atomic mass is 35.5. The average Bonchev–Trinajstić information content (AvgIpc) is 2.83. The molecule has 3 aromatic rings. The van der Waals surface area contributed by atoms with Gasteiger partial charge in [0, 0.05) is 30.2 Å². The van der Waals surface area contributed by atoms with Gasteiger partial charge in [0.05, 0.1) is 12.7 Å². The van der Waals surface area contributed by atoms with Gasteiger partial charge in [0.15, 0.2) is 16.7 Å². The molecule has 1 aromatic heterocycles. The number of anilines is 1. The summed E-state index contributed by atoms with van der Waals surface area (Å²) in [5, 5.41) is 4.03. The van der Waals surface area contributed by atoms with Crippen LogP contribution in [-0.4, -0.2) is 29.2 Å². The number of carbonyl (C=O) groups excluding carboxylic acids is 1. The fourth-order valence-electron chi connectivity index (χ4n) is 3.89. The number of hydrogen-bond acceptors (Lipinski definition) is 6. The highest BCUT2D eigenvalue weighted by Crippen LogP contribution is 2.39. The van der Waals surface area contributed by atoms with Crippen molar-refractivity contribution < 1.29 is 14.3 Å². The minimum atomic E-state index is -0.454. The number of ether oxygens (including phenoxy) is 2. The molecule has 1 aliphatic heterocycles. The highest BCUT2D eigenvalue weighted by molar-refractivity contribution is 7.98. The summed E-state index contributed by atoms with van der Waals surface area (Å²) >= 11 is 7.48. The van der Waals surface area contributed by atoms with Gasteiger partial charge in [-0.3, -0.25) is 9.59 Å². The van der Waals surface area contributed by atoms with Crippen LogP contribution in [0.2, 0.25) is 5.02 Å². The molecule has 9 heteroatoms. The molecule has 0 aliphatic carbocycles. The van der Waals surface area contributed by atoms with E-state index in [9.17, 15) is 9.59 Å². The number of nitrogens with zero attached hydrogens (tertiary/aromatic N) is 2. The van der Waals surface area contributed by atoms with E-state index in [0.29, 0.717) is 45.4 Å². The number of aromatic nitrogens is 2. The van der Waals surface area contributed by atoms with E-state index in [-0.39, 0.29) is 17.9 Å². The van der Waals surface area contributed by atoms with E-state index in [1.165, 1.54) is 11.8 Å². The lowest BCUT2D eigenvalue weighted by molar-refractivity contribution is -0.116. The molecule has 1 aliphatic rings. The van der Waals surface area contributed by atoms with Gasteiger partial charge < -0.3 is 19.4 Å². The van der Waals surface area contributed by atoms with Crippen molar-refractivity contribution in [2.45, 2.75) is 23.2 Å². The minimum Gasteiger partial charge on any atom is -0.493 e. The maximum absolute atomic E-state index is 13.2. The Balaban J connectivity index is 1.69. The molecule has 4 rings (SSSR count). The van der Waals surface area contributed by atoms with Gasteiger partial charge in [0.1, 0.15) is 12.4 Å². The molecule has 1 amide bonds. The zero-order chi connectivity index (χ0) is 24.2. The minimum absolute atomic E-state index is 0.134. The van der Waals surface area contributed by atoms with Gasteiger partial charge >= 0.3 is 0 Å². The van der Waals surface area contributed by atoms with Crippen molar-refractivity contribution in [1.82, 2.24) is 9.55 Å². The highest BCUT2D eigenvalue weighted by Gasteiger charge is 2.32. The zero-order valence-electron chi connectivity index (χ0n) is 18.8. The number of methoxy groups -OCH3 is 1. The largest absolute Gasteiger partial charge is 0.493 e. The van der Waals surface area contributed by atoms with Crippen molar-refractivity contribution in [3.05, 3.63) is 87.2 Å². The number of halogens is 1. The van der Waals surface area contributed by atoms with Crippen LogP contribution in [0.25, 0.3) is 0 Å². The van der Waals surface area contributed by atoms with Crippen LogP contribution in [0.15, 0.2) is 65.1 Å². The molecule has 0 radical (unpaired) electrons. The zero-order valence-corrected chi connectivity index (χ0v) is 20.4. The van der Waals surface area contributed by atoms with E-state index in [1.807, 2.05) is 30.3 Å². The van der Waals surface area contributed by atoms with Crippen molar-refractivity contribution in [3.63, 3.8) is 0 Å². The third-order valence-corrected chi connectivity index (χ3v) is 6.84. The van der Waals surface area contributed by atoms with Crippen molar-refractivity contribution in [2.24, 2.45) is 7.05 Å². The first-order chi connectivity index (χ1) is 16.4. The van der Waals surface area contributed by atoms with Crippen LogP contribution in [0.5, 0.6) is 11.5 Å². The molecular weight excluding hydrogens is 474 g/mol. The number of rotatable bonds is 8. The van der Waals surface area contributed by atoms with Gasteiger partial charge in [-0.25, -0.2) is 0 Å². The second-order valence-corrected chi connectivity index (χ2v) is 9.13. The van der Waals surface area contributed by atoms with Crippen molar-refractivity contribution in [2.75, 3.05) is 19.0 Å². The molecule has 7 nitrogen and oxygen atoms in total. The molecule has 0 bridgehead atoms. The lowest BCUT2D eigenvalue weighted by atomic mass is 9.86. The van der Waals surface area contributed by atoms with Gasteiger partial charge in [-0.2, -0.15) is 4.98 Å². The number of hydrogen-bond donors (Lipinski definition) is 1. The van der Waals surface area contributed by atoms with Crippen LogP contribution >= 0.6 is 23.4 Å². The Morgan fingerprint density at radius 1 is 1.26 bits per heavy atom. The Bertz CT molecular complexity index is 1310. The van der Waals surface area contributed by atoms with Crippen molar-refractivity contribution in [1.29, 1.82) is 0 Å². The van der Waals surface area contributed by atoms with Gasteiger partial charge in [-0.1, -0.05) is 54.2 Å². The number of thioether (sulfide) groups is 1. The molecule has 2 heterocycles. The first-order valence-electron chi connectivity index (χ1n) is 10.6. The Labute approximate surface area is 206 Å². The van der Waals surface area contributed by atoms with Crippen LogP contribution < -0.4 is 20.3 Å². The van der Waals surface area contributed by atoms with E-state index in [1.54, 1.807) is 36.9 Å². The molecule has 0 saturated heterocycles. The summed E-state index contributed by atoms with van der Waals surface area (Å²) in [6, 6.07) is 12.9. The van der Waals surface area contributed by atoms with Gasteiger partial charge in [0.2, 0.25) is 5.91 Å². The monoisotopic (exact) mass is 497 g/mol. The molecular formula is C25H24ClN3O4S. The molecule has 176 valence electrons. The number of carbonyl (C=O) groups is 1. The predicted molar refractivity (Wildman–Crippen MR) is 134 cm³/mol. The normalized spacial score (nSPS) is 14.8.